The van der Waals surface area contributed by atoms with Crippen molar-refractivity contribution in [1.82, 2.24) is 0 Å². The predicted octanol–water partition coefficient (Wildman–Crippen LogP) is -0.898. The quantitative estimate of drug-likeness (QED) is 0.147. The zero-order valence-electron chi connectivity index (χ0n) is 16.3. The summed E-state index contributed by atoms with van der Waals surface area (Å²) in [5.41, 5.74) is -6.34. The molecule has 0 aliphatic carbocycles. The summed E-state index contributed by atoms with van der Waals surface area (Å²) in [4.78, 5) is 59.4. The van der Waals surface area contributed by atoms with E-state index in [4.69, 9.17) is 10.2 Å². The van der Waals surface area contributed by atoms with Crippen LogP contribution in [0.3, 0.4) is 0 Å². The van der Waals surface area contributed by atoms with E-state index in [1.54, 1.807) is 0 Å². The van der Waals surface area contributed by atoms with Crippen molar-refractivity contribution in [1.29, 1.82) is 0 Å². The molecule has 0 rings (SSSR count). The average Bonchev–Trinajstić information content (AvgIpc) is 2.66. The van der Waals surface area contributed by atoms with Gasteiger partial charge in [0.2, 0.25) is 12.1 Å². The summed E-state index contributed by atoms with van der Waals surface area (Å²) in [5, 5.41) is 85.3. The molecule has 0 aromatic carbocycles. The first kappa shape index (κ1) is 28.3. The van der Waals surface area contributed by atoms with E-state index in [-0.39, 0.29) is 0 Å². The third-order valence-corrected chi connectivity index (χ3v) is 4.94. The van der Waals surface area contributed by atoms with Crippen LogP contribution in [0.4, 0.5) is 0 Å². The lowest BCUT2D eigenvalue weighted by molar-refractivity contribution is -0.805. The maximum atomic E-state index is 11.3. The number of nitro groups is 6. The van der Waals surface area contributed by atoms with E-state index in [1.165, 1.54) is 0 Å². The van der Waals surface area contributed by atoms with E-state index in [0.29, 0.717) is 0 Å². The number of aliphatic hydroxyl groups excluding tert-OH is 2. The van der Waals surface area contributed by atoms with Crippen LogP contribution in [0.1, 0.15) is 38.5 Å². The van der Waals surface area contributed by atoms with Crippen molar-refractivity contribution in [3.05, 3.63) is 60.7 Å². The molecule has 0 aromatic rings. The van der Waals surface area contributed by atoms with Gasteiger partial charge in [0.15, 0.2) is 12.8 Å². The van der Waals surface area contributed by atoms with Crippen LogP contribution >= 0.6 is 0 Å². The molecular formula is C12H20N6O14. The fraction of sp³-hybridized carbons (Fsp3) is 1.00. The van der Waals surface area contributed by atoms with Gasteiger partial charge in [-0.1, -0.05) is 0 Å². The maximum Gasteiger partial charge on any atom is 0.467 e. The molecule has 20 heteroatoms. The zero-order chi connectivity index (χ0) is 25.3. The number of hydrogen-bond donors (Lipinski definition) is 2. The molecule has 2 N–H and O–H groups in total. The second kappa shape index (κ2) is 11.6. The first-order valence-corrected chi connectivity index (χ1v) is 8.78. The minimum Gasteiger partial charge on any atom is -0.396 e. The highest BCUT2D eigenvalue weighted by atomic mass is 16.7. The van der Waals surface area contributed by atoms with Gasteiger partial charge in [-0.05, 0) is 0 Å². The second-order valence-corrected chi connectivity index (χ2v) is 6.80. The second-order valence-electron chi connectivity index (χ2n) is 6.80. The minimum atomic E-state index is -3.17. The van der Waals surface area contributed by atoms with Crippen LogP contribution in [0.15, 0.2) is 0 Å². The minimum absolute atomic E-state index is 0.919. The lowest BCUT2D eigenvalue weighted by Crippen LogP contribution is -2.51. The van der Waals surface area contributed by atoms with Crippen molar-refractivity contribution < 1.29 is 39.8 Å². The zero-order valence-corrected chi connectivity index (χ0v) is 16.3. The Hall–Kier alpha value is -3.68. The molecule has 0 amide bonds. The van der Waals surface area contributed by atoms with Crippen molar-refractivity contribution in [3.8, 4) is 0 Å². The SMILES string of the molecule is O=[N+]([O-])[C@H](CC[C@@H](CC(CCO)([N+](=O)[O-])[N+](=O)[O-])[N+](=O)[O-])CC(CCO)([N+](=O)[O-])[N+](=O)[O-]. The van der Waals surface area contributed by atoms with Gasteiger partial charge in [0.1, 0.15) is 12.8 Å². The summed E-state index contributed by atoms with van der Waals surface area (Å²) < 4.78 is 0. The van der Waals surface area contributed by atoms with Crippen LogP contribution in [-0.2, 0) is 0 Å². The van der Waals surface area contributed by atoms with Crippen LogP contribution in [0, 0.1) is 60.7 Å². The van der Waals surface area contributed by atoms with Gasteiger partial charge in [-0.15, -0.1) is 0 Å². The van der Waals surface area contributed by atoms with Crippen LogP contribution in [0.2, 0.25) is 0 Å². The topological polar surface area (TPSA) is 299 Å². The molecule has 32 heavy (non-hydrogen) atoms. The molecule has 0 saturated heterocycles. The summed E-state index contributed by atoms with van der Waals surface area (Å²) >= 11 is 0. The molecule has 0 heterocycles. The number of nitrogens with zero attached hydrogens (tertiary/aromatic N) is 6. The summed E-state index contributed by atoms with van der Waals surface area (Å²) in [5.74, 6) is 0. The van der Waals surface area contributed by atoms with E-state index in [1.807, 2.05) is 0 Å². The lowest BCUT2D eigenvalue weighted by Gasteiger charge is -2.20. The molecule has 0 aliphatic heterocycles. The van der Waals surface area contributed by atoms with Gasteiger partial charge >= 0.3 is 11.3 Å². The van der Waals surface area contributed by atoms with Crippen LogP contribution in [0.25, 0.3) is 0 Å². The normalized spacial score (nSPS) is 13.7. The molecule has 0 saturated carbocycles. The maximum absolute atomic E-state index is 11.3. The van der Waals surface area contributed by atoms with Gasteiger partial charge in [0.05, 0.1) is 32.9 Å². The molecule has 2 atom stereocenters. The fourth-order valence-electron chi connectivity index (χ4n) is 3.06. The Bertz CT molecular complexity index is 668. The molecule has 0 aromatic heterocycles. The van der Waals surface area contributed by atoms with E-state index in [2.05, 4.69) is 0 Å². The Balaban J connectivity index is 5.87. The largest absolute Gasteiger partial charge is 0.467 e. The molecular weight excluding hydrogens is 452 g/mol. The third-order valence-electron chi connectivity index (χ3n) is 4.94. The van der Waals surface area contributed by atoms with Crippen LogP contribution in [-0.4, -0.2) is 76.4 Å². The highest BCUT2D eigenvalue weighted by molar-refractivity contribution is 4.77. The predicted molar refractivity (Wildman–Crippen MR) is 96.9 cm³/mol. The molecule has 0 bridgehead atoms. The van der Waals surface area contributed by atoms with Crippen molar-refractivity contribution >= 4 is 0 Å². The monoisotopic (exact) mass is 472 g/mol. The number of aliphatic hydroxyl groups is 2. The number of hydrogen-bond acceptors (Lipinski definition) is 14. The van der Waals surface area contributed by atoms with Crippen molar-refractivity contribution in [2.45, 2.75) is 61.9 Å². The summed E-state index contributed by atoms with van der Waals surface area (Å²) in [6, 6.07) is -4.23. The van der Waals surface area contributed by atoms with Gasteiger partial charge in [0, 0.05) is 22.7 Å². The fourth-order valence-corrected chi connectivity index (χ4v) is 3.06. The third kappa shape index (κ3) is 6.41. The summed E-state index contributed by atoms with van der Waals surface area (Å²) in [6.07, 6.45) is -6.76. The highest BCUT2D eigenvalue weighted by Crippen LogP contribution is 2.29. The first-order chi connectivity index (χ1) is 14.7. The Morgan fingerprint density at radius 2 is 0.812 bits per heavy atom. The summed E-state index contributed by atoms with van der Waals surface area (Å²) in [6.45, 7) is -2.14. The van der Waals surface area contributed by atoms with Crippen LogP contribution < -0.4 is 0 Å². The van der Waals surface area contributed by atoms with Gasteiger partial charge < -0.3 is 10.2 Å². The standard InChI is InChI=1S/C12H20N6O14/c19-5-3-11(15(25)26,16(27)28)7-9(13(21)22)1-2-10(14(23)24)8-12(4-6-20,17(29)30)18(31)32/h9-10,19-20H,1-8H2/t9-,10+. The van der Waals surface area contributed by atoms with E-state index >= 15 is 0 Å². The average molecular weight is 472 g/mol. The van der Waals surface area contributed by atoms with E-state index in [9.17, 15) is 60.7 Å². The van der Waals surface area contributed by atoms with Crippen molar-refractivity contribution in [2.75, 3.05) is 13.2 Å². The number of rotatable bonds is 17. The lowest BCUT2D eigenvalue weighted by atomic mass is 9.91. The van der Waals surface area contributed by atoms with E-state index in [0.717, 1.165) is 0 Å². The van der Waals surface area contributed by atoms with Gasteiger partial charge in [-0.3, -0.25) is 60.7 Å². The molecule has 0 fully saturated rings. The molecule has 182 valence electrons. The summed E-state index contributed by atoms with van der Waals surface area (Å²) in [7, 11) is 0. The smallest absolute Gasteiger partial charge is 0.396 e. The molecule has 0 radical (unpaired) electrons. The van der Waals surface area contributed by atoms with Crippen molar-refractivity contribution in [3.63, 3.8) is 0 Å². The first-order valence-electron chi connectivity index (χ1n) is 8.78. The Kier molecular flexibility index (Phi) is 10.3. The molecule has 20 nitrogen and oxygen atoms in total. The van der Waals surface area contributed by atoms with E-state index < -0.39 is 105 Å². The molecule has 0 aliphatic rings. The van der Waals surface area contributed by atoms with Gasteiger partial charge in [-0.2, -0.15) is 0 Å². The van der Waals surface area contributed by atoms with Crippen LogP contribution in [0.5, 0.6) is 0 Å². The Morgan fingerprint density at radius 1 is 0.562 bits per heavy atom. The van der Waals surface area contributed by atoms with Gasteiger partial charge in [0.25, 0.3) is 0 Å². The van der Waals surface area contributed by atoms with Gasteiger partial charge in [-0.25, -0.2) is 0 Å². The molecule has 0 spiro atoms. The van der Waals surface area contributed by atoms with Crippen molar-refractivity contribution in [2.24, 2.45) is 0 Å². The Labute approximate surface area is 176 Å². The highest BCUT2D eigenvalue weighted by Gasteiger charge is 2.61. The Morgan fingerprint density at radius 3 is 0.969 bits per heavy atom. The molecule has 0 unspecified atom stereocenters.